The van der Waals surface area contributed by atoms with E-state index in [-0.39, 0.29) is 11.9 Å². The first kappa shape index (κ1) is 14.7. The topological polar surface area (TPSA) is 52.2 Å². The predicted octanol–water partition coefficient (Wildman–Crippen LogP) is 0.978. The molecule has 0 aliphatic carbocycles. The monoisotopic (exact) mass is 252 g/mol. The Morgan fingerprint density at radius 1 is 1.33 bits per heavy atom. The Kier molecular flexibility index (Phi) is 4.90. The fraction of sp³-hybridized carbons (Fsp3) is 0.692. The van der Waals surface area contributed by atoms with Crippen LogP contribution in [0.15, 0.2) is 0 Å². The van der Waals surface area contributed by atoms with Gasteiger partial charge in [0.25, 0.3) is 0 Å². The molecule has 0 aliphatic heterocycles. The lowest BCUT2D eigenvalue weighted by Gasteiger charge is -2.26. The van der Waals surface area contributed by atoms with Crippen LogP contribution in [0.4, 0.5) is 0 Å². The van der Waals surface area contributed by atoms with Crippen molar-refractivity contribution in [3.63, 3.8) is 0 Å². The summed E-state index contributed by atoms with van der Waals surface area (Å²) in [7, 11) is 5.56. The number of hydrogen-bond acceptors (Lipinski definition) is 3. The van der Waals surface area contributed by atoms with Crippen molar-refractivity contribution in [2.24, 2.45) is 0 Å². The zero-order valence-corrected chi connectivity index (χ0v) is 12.2. The zero-order chi connectivity index (χ0) is 13.9. The summed E-state index contributed by atoms with van der Waals surface area (Å²) in [6.45, 7) is 6.83. The number of likely N-dealkylation sites (N-methyl/N-ethyl adjacent to an activating group) is 2. The largest absolute Gasteiger partial charge is 0.347 e. The molecule has 0 fully saturated rings. The van der Waals surface area contributed by atoms with E-state index in [0.29, 0.717) is 0 Å². The van der Waals surface area contributed by atoms with E-state index in [0.717, 1.165) is 24.4 Å². The number of carbonyl (C=O) groups is 1. The van der Waals surface area contributed by atoms with E-state index in [4.69, 9.17) is 0 Å². The number of nitrogens with one attached hydrogen (secondary N) is 1. The van der Waals surface area contributed by atoms with Crippen LogP contribution in [0.25, 0.3) is 0 Å². The van der Waals surface area contributed by atoms with Crippen LogP contribution in [0.3, 0.4) is 0 Å². The van der Waals surface area contributed by atoms with Gasteiger partial charge in [-0.05, 0) is 39.8 Å². The number of aryl methyl sites for hydroxylation is 2. The third-order valence-electron chi connectivity index (χ3n) is 3.45. The van der Waals surface area contributed by atoms with Crippen LogP contribution >= 0.6 is 0 Å². The average Bonchev–Trinajstić information content (AvgIpc) is 2.64. The number of amides is 1. The van der Waals surface area contributed by atoms with Gasteiger partial charge >= 0.3 is 0 Å². The predicted molar refractivity (Wildman–Crippen MR) is 72.6 cm³/mol. The van der Waals surface area contributed by atoms with Gasteiger partial charge in [0.05, 0.1) is 11.7 Å². The molecule has 0 spiro atoms. The van der Waals surface area contributed by atoms with Crippen molar-refractivity contribution in [3.8, 4) is 0 Å². The molecule has 5 heteroatoms. The summed E-state index contributed by atoms with van der Waals surface area (Å²) in [6.07, 6.45) is 0.912. The van der Waals surface area contributed by atoms with E-state index in [1.54, 1.807) is 19.0 Å². The van der Waals surface area contributed by atoms with Gasteiger partial charge in [0.1, 0.15) is 0 Å². The maximum atomic E-state index is 11.8. The second-order valence-electron chi connectivity index (χ2n) is 5.05. The summed E-state index contributed by atoms with van der Waals surface area (Å²) < 4.78 is 0. The van der Waals surface area contributed by atoms with Crippen molar-refractivity contribution >= 4 is 5.91 Å². The summed E-state index contributed by atoms with van der Waals surface area (Å²) in [5.74, 6) is 0.137. The molecule has 0 unspecified atom stereocenters. The van der Waals surface area contributed by atoms with Gasteiger partial charge < -0.3 is 4.90 Å². The Morgan fingerprint density at radius 3 is 2.39 bits per heavy atom. The third-order valence-corrected chi connectivity index (χ3v) is 3.45. The van der Waals surface area contributed by atoms with Crippen LogP contribution in [0, 0.1) is 13.8 Å². The Labute approximate surface area is 109 Å². The molecular formula is C13H24N4O. The minimum absolute atomic E-state index is 0.0903. The maximum Gasteiger partial charge on any atom is 0.239 e. The summed E-state index contributed by atoms with van der Waals surface area (Å²) in [5.41, 5.74) is 3.42. The van der Waals surface area contributed by atoms with E-state index in [9.17, 15) is 4.79 Å². The van der Waals surface area contributed by atoms with E-state index in [1.165, 1.54) is 5.56 Å². The Balaban J connectivity index is 2.56. The van der Waals surface area contributed by atoms with E-state index in [2.05, 4.69) is 15.1 Å². The van der Waals surface area contributed by atoms with Gasteiger partial charge in [0, 0.05) is 26.3 Å². The average molecular weight is 252 g/mol. The molecule has 102 valence electrons. The molecule has 1 atom stereocenters. The van der Waals surface area contributed by atoms with E-state index >= 15 is 0 Å². The fourth-order valence-electron chi connectivity index (χ4n) is 1.99. The number of rotatable bonds is 5. The lowest BCUT2D eigenvalue weighted by atomic mass is 10.1. The number of aromatic amines is 1. The molecule has 0 aliphatic rings. The van der Waals surface area contributed by atoms with Gasteiger partial charge in [0.2, 0.25) is 5.91 Å². The minimum Gasteiger partial charge on any atom is -0.347 e. The molecule has 1 N–H and O–H groups in total. The van der Waals surface area contributed by atoms with Gasteiger partial charge in [-0.2, -0.15) is 5.10 Å². The van der Waals surface area contributed by atoms with Crippen LogP contribution in [-0.4, -0.2) is 59.6 Å². The van der Waals surface area contributed by atoms with Gasteiger partial charge in [-0.1, -0.05) is 0 Å². The number of H-pyrrole nitrogens is 1. The lowest BCUT2D eigenvalue weighted by Crippen LogP contribution is -2.43. The van der Waals surface area contributed by atoms with Crippen LogP contribution in [-0.2, 0) is 11.2 Å². The third kappa shape index (κ3) is 3.32. The number of aromatic nitrogens is 2. The molecule has 0 saturated carbocycles. The first-order chi connectivity index (χ1) is 8.34. The molecule has 0 aromatic carbocycles. The molecular weight excluding hydrogens is 228 g/mol. The molecule has 0 radical (unpaired) electrons. The van der Waals surface area contributed by atoms with Crippen molar-refractivity contribution in [2.75, 3.05) is 27.7 Å². The summed E-state index contributed by atoms with van der Waals surface area (Å²) in [5, 5.41) is 7.17. The molecule has 18 heavy (non-hydrogen) atoms. The smallest absolute Gasteiger partial charge is 0.239 e. The van der Waals surface area contributed by atoms with Crippen LogP contribution < -0.4 is 0 Å². The second-order valence-corrected chi connectivity index (χ2v) is 5.05. The van der Waals surface area contributed by atoms with Gasteiger partial charge in [-0.15, -0.1) is 0 Å². The highest BCUT2D eigenvalue weighted by Crippen LogP contribution is 2.11. The molecule has 1 heterocycles. The summed E-state index contributed by atoms with van der Waals surface area (Å²) in [4.78, 5) is 15.6. The fourth-order valence-corrected chi connectivity index (χ4v) is 1.99. The van der Waals surface area contributed by atoms with Crippen molar-refractivity contribution < 1.29 is 4.79 Å². The Bertz CT molecular complexity index is 392. The van der Waals surface area contributed by atoms with E-state index < -0.39 is 0 Å². The van der Waals surface area contributed by atoms with Gasteiger partial charge in [-0.25, -0.2) is 0 Å². The first-order valence-corrected chi connectivity index (χ1v) is 6.26. The Morgan fingerprint density at radius 2 is 1.94 bits per heavy atom. The summed E-state index contributed by atoms with van der Waals surface area (Å²) >= 11 is 0. The van der Waals surface area contributed by atoms with Gasteiger partial charge in [0.15, 0.2) is 0 Å². The van der Waals surface area contributed by atoms with Gasteiger partial charge in [-0.3, -0.25) is 14.8 Å². The Hall–Kier alpha value is -1.36. The summed E-state index contributed by atoms with van der Waals surface area (Å²) in [6, 6.07) is -0.0903. The minimum atomic E-state index is -0.0903. The molecule has 1 aromatic heterocycles. The molecule has 0 saturated heterocycles. The normalized spacial score (nSPS) is 12.8. The standard InChI is InChI=1S/C13H24N4O/c1-9-12(10(2)15-14-9)7-8-17(6)11(3)13(18)16(4)5/h11H,7-8H2,1-6H3,(H,14,15)/t11-/m1/s1. The first-order valence-electron chi connectivity index (χ1n) is 6.26. The quantitative estimate of drug-likeness (QED) is 0.850. The molecule has 0 bridgehead atoms. The molecule has 1 aromatic rings. The highest BCUT2D eigenvalue weighted by atomic mass is 16.2. The van der Waals surface area contributed by atoms with Crippen molar-refractivity contribution in [2.45, 2.75) is 33.2 Å². The maximum absolute atomic E-state index is 11.8. The number of carbonyl (C=O) groups excluding carboxylic acids is 1. The zero-order valence-electron chi connectivity index (χ0n) is 12.2. The SMILES string of the molecule is Cc1n[nH]c(C)c1CCN(C)[C@H](C)C(=O)N(C)C. The molecule has 5 nitrogen and oxygen atoms in total. The van der Waals surface area contributed by atoms with Crippen LogP contribution in [0.5, 0.6) is 0 Å². The van der Waals surface area contributed by atoms with Crippen LogP contribution in [0.1, 0.15) is 23.9 Å². The van der Waals surface area contributed by atoms with E-state index in [1.807, 2.05) is 27.8 Å². The van der Waals surface area contributed by atoms with Crippen molar-refractivity contribution in [1.82, 2.24) is 20.0 Å². The number of nitrogens with zero attached hydrogens (tertiary/aromatic N) is 3. The lowest BCUT2D eigenvalue weighted by molar-refractivity contribution is -0.133. The highest BCUT2D eigenvalue weighted by molar-refractivity contribution is 5.80. The molecule has 1 rings (SSSR count). The van der Waals surface area contributed by atoms with Crippen molar-refractivity contribution in [1.29, 1.82) is 0 Å². The van der Waals surface area contributed by atoms with Crippen molar-refractivity contribution in [3.05, 3.63) is 17.0 Å². The molecule has 1 amide bonds. The number of hydrogen-bond donors (Lipinski definition) is 1. The van der Waals surface area contributed by atoms with Crippen LogP contribution in [0.2, 0.25) is 0 Å². The highest BCUT2D eigenvalue weighted by Gasteiger charge is 2.19. The second kappa shape index (κ2) is 6.00.